The standard InChI is InChI=1S/C80H149NO13/c1-3-5-7-9-11-13-15-17-19-21-23-25-27-29-31-33-34-36-38-40-42-44-46-48-50-52-54-56-58-60-62-64-72(85)81-68(67-91-79-77(90)75(88)78(71(66-83)93-79)94-80-76(89)74(87)73(86)70(65-82)92-80)69(84)63-61-59-57-55-53-51-49-47-45-43-41-39-37-35-32-30-28-26-24-22-20-18-16-14-12-10-8-6-4-2/h15,17,21,23,53,55,61,63,68-71,73-80,82-84,86-90H,3-14,16,18-20,22,24-52,54,56-60,62,64-67H2,1-2H3,(H,81,85)/b17-15-,23-21-,55-53+,63-61+. The van der Waals surface area contributed by atoms with Gasteiger partial charge < -0.3 is 65.1 Å². The highest BCUT2D eigenvalue weighted by atomic mass is 16.7. The molecule has 2 fully saturated rings. The fourth-order valence-electron chi connectivity index (χ4n) is 13.2. The van der Waals surface area contributed by atoms with E-state index in [1.807, 2.05) is 6.08 Å². The molecule has 12 unspecified atom stereocenters. The lowest BCUT2D eigenvalue weighted by Gasteiger charge is -2.46. The number of ether oxygens (including phenoxy) is 4. The largest absolute Gasteiger partial charge is 0.394 e. The second kappa shape index (κ2) is 64.3. The van der Waals surface area contributed by atoms with Crippen LogP contribution in [-0.4, -0.2) is 140 Å². The Hall–Kier alpha value is -2.05. The van der Waals surface area contributed by atoms with Crippen LogP contribution >= 0.6 is 0 Å². The Kier molecular flexibility index (Phi) is 60.3. The second-order valence-corrected chi connectivity index (χ2v) is 28.2. The molecule has 1 amide bonds. The van der Waals surface area contributed by atoms with Crippen molar-refractivity contribution in [3.05, 3.63) is 48.6 Å². The summed E-state index contributed by atoms with van der Waals surface area (Å²) in [6.45, 7) is 2.83. The molecule has 0 bridgehead atoms. The minimum atomic E-state index is -1.79. The normalized spacial score (nSPS) is 22.7. The molecule has 0 aromatic carbocycles. The molecule has 14 heteroatoms. The minimum absolute atomic E-state index is 0.243. The summed E-state index contributed by atoms with van der Waals surface area (Å²) in [5.41, 5.74) is 0. The number of amides is 1. The summed E-state index contributed by atoms with van der Waals surface area (Å²) in [5, 5.41) is 87.6. The fraction of sp³-hybridized carbons (Fsp3) is 0.887. The van der Waals surface area contributed by atoms with Gasteiger partial charge in [-0.15, -0.1) is 0 Å². The van der Waals surface area contributed by atoms with E-state index in [4.69, 9.17) is 18.9 Å². The average molecular weight is 1330 g/mol. The SMILES string of the molecule is CCCCCCC/C=C\C/C=C\CCCCCCCCCCCCCCCCCCCCCC(=O)NC(COC1OC(CO)C(OC2OC(CO)C(O)C(O)C2O)C(O)C1O)C(O)/C=C/CC/C=C/CCCCCCCCCCCCCCCCCCCCCCCCC. The molecule has 2 aliphatic rings. The molecule has 94 heavy (non-hydrogen) atoms. The van der Waals surface area contributed by atoms with Crippen LogP contribution in [0.3, 0.4) is 0 Å². The van der Waals surface area contributed by atoms with E-state index in [0.29, 0.717) is 12.8 Å². The second-order valence-electron chi connectivity index (χ2n) is 28.2. The fourth-order valence-corrected chi connectivity index (χ4v) is 13.2. The summed E-state index contributed by atoms with van der Waals surface area (Å²) < 4.78 is 22.9. The number of nitrogens with one attached hydrogen (secondary N) is 1. The van der Waals surface area contributed by atoms with E-state index in [1.165, 1.54) is 289 Å². The zero-order valence-electron chi connectivity index (χ0n) is 60.5. The zero-order valence-corrected chi connectivity index (χ0v) is 60.5. The lowest BCUT2D eigenvalue weighted by Crippen LogP contribution is -2.65. The molecule has 2 aliphatic heterocycles. The molecule has 2 heterocycles. The van der Waals surface area contributed by atoms with Crippen molar-refractivity contribution in [2.24, 2.45) is 0 Å². The van der Waals surface area contributed by atoms with Gasteiger partial charge in [0.15, 0.2) is 12.6 Å². The van der Waals surface area contributed by atoms with Crippen LogP contribution < -0.4 is 5.32 Å². The van der Waals surface area contributed by atoms with Gasteiger partial charge in [-0.2, -0.15) is 0 Å². The van der Waals surface area contributed by atoms with Crippen LogP contribution in [0.5, 0.6) is 0 Å². The molecular weight excluding hydrogens is 1180 g/mol. The number of hydrogen-bond acceptors (Lipinski definition) is 13. The molecule has 2 saturated heterocycles. The molecule has 14 nitrogen and oxygen atoms in total. The van der Waals surface area contributed by atoms with E-state index in [9.17, 15) is 45.6 Å². The van der Waals surface area contributed by atoms with Crippen molar-refractivity contribution in [3.8, 4) is 0 Å². The van der Waals surface area contributed by atoms with Crippen molar-refractivity contribution in [1.29, 1.82) is 0 Å². The van der Waals surface area contributed by atoms with E-state index in [-0.39, 0.29) is 18.9 Å². The molecule has 0 aromatic heterocycles. The summed E-state index contributed by atoms with van der Waals surface area (Å²) in [4.78, 5) is 13.4. The third-order valence-corrected chi connectivity index (χ3v) is 19.5. The Bertz CT molecular complexity index is 1760. The van der Waals surface area contributed by atoms with Crippen LogP contribution in [-0.2, 0) is 23.7 Å². The minimum Gasteiger partial charge on any atom is -0.394 e. The summed E-state index contributed by atoms with van der Waals surface area (Å²) in [5.74, 6) is -0.243. The molecular formula is C80H149NO13. The number of aliphatic hydroxyl groups is 8. The van der Waals surface area contributed by atoms with Gasteiger partial charge in [-0.05, 0) is 64.2 Å². The number of aliphatic hydroxyl groups excluding tert-OH is 8. The summed E-state index contributed by atoms with van der Waals surface area (Å²) >= 11 is 0. The number of unbranched alkanes of at least 4 members (excludes halogenated alkanes) is 48. The molecule has 0 aliphatic carbocycles. The Morgan fingerprint density at radius 1 is 0.383 bits per heavy atom. The predicted octanol–water partition coefficient (Wildman–Crippen LogP) is 17.8. The van der Waals surface area contributed by atoms with E-state index in [1.54, 1.807) is 6.08 Å². The number of carbonyl (C=O) groups excluding carboxylic acids is 1. The first kappa shape index (κ1) is 88.0. The molecule has 2 rings (SSSR count). The van der Waals surface area contributed by atoms with Gasteiger partial charge in [-0.3, -0.25) is 4.79 Å². The van der Waals surface area contributed by atoms with Crippen molar-refractivity contribution in [2.75, 3.05) is 19.8 Å². The highest BCUT2D eigenvalue weighted by molar-refractivity contribution is 5.76. The Morgan fingerprint density at radius 2 is 0.713 bits per heavy atom. The number of hydrogen-bond donors (Lipinski definition) is 9. The molecule has 552 valence electrons. The van der Waals surface area contributed by atoms with Crippen LogP contribution in [0.4, 0.5) is 0 Å². The van der Waals surface area contributed by atoms with E-state index >= 15 is 0 Å². The van der Waals surface area contributed by atoms with Gasteiger partial charge >= 0.3 is 0 Å². The molecule has 0 aromatic rings. The molecule has 9 N–H and O–H groups in total. The van der Waals surface area contributed by atoms with Gasteiger partial charge in [0.2, 0.25) is 5.91 Å². The first-order valence-electron chi connectivity index (χ1n) is 39.9. The Balaban J connectivity index is 1.63. The molecule has 0 radical (unpaired) electrons. The highest BCUT2D eigenvalue weighted by Gasteiger charge is 2.51. The maximum Gasteiger partial charge on any atom is 0.220 e. The third-order valence-electron chi connectivity index (χ3n) is 19.5. The van der Waals surface area contributed by atoms with Crippen LogP contribution in [0, 0.1) is 0 Å². The molecule has 12 atom stereocenters. The summed E-state index contributed by atoms with van der Waals surface area (Å²) in [7, 11) is 0. The van der Waals surface area contributed by atoms with Crippen molar-refractivity contribution in [2.45, 2.75) is 434 Å². The maximum atomic E-state index is 13.4. The summed E-state index contributed by atoms with van der Waals surface area (Å²) in [6, 6.07) is -0.933. The van der Waals surface area contributed by atoms with Gasteiger partial charge in [-0.1, -0.05) is 339 Å². The van der Waals surface area contributed by atoms with Crippen LogP contribution in [0.15, 0.2) is 48.6 Å². The van der Waals surface area contributed by atoms with Crippen molar-refractivity contribution in [3.63, 3.8) is 0 Å². The Labute approximate surface area is 575 Å². The monoisotopic (exact) mass is 1330 g/mol. The quantitative estimate of drug-likeness (QED) is 0.0204. The number of allylic oxidation sites excluding steroid dienone is 7. The van der Waals surface area contributed by atoms with Crippen molar-refractivity contribution in [1.82, 2.24) is 5.32 Å². The van der Waals surface area contributed by atoms with Crippen LogP contribution in [0.25, 0.3) is 0 Å². The van der Waals surface area contributed by atoms with E-state index in [0.717, 1.165) is 38.5 Å². The predicted molar refractivity (Wildman–Crippen MR) is 388 cm³/mol. The van der Waals surface area contributed by atoms with Crippen LogP contribution in [0.1, 0.15) is 361 Å². The van der Waals surface area contributed by atoms with Gasteiger partial charge in [0.25, 0.3) is 0 Å². The zero-order chi connectivity index (χ0) is 68.0. The van der Waals surface area contributed by atoms with Crippen molar-refractivity contribution < 1.29 is 64.6 Å². The van der Waals surface area contributed by atoms with Crippen molar-refractivity contribution >= 4 is 5.91 Å². The smallest absolute Gasteiger partial charge is 0.220 e. The topological polar surface area (TPSA) is 228 Å². The molecule has 0 spiro atoms. The van der Waals surface area contributed by atoms with Gasteiger partial charge in [0.1, 0.15) is 48.8 Å². The third kappa shape index (κ3) is 47.1. The lowest BCUT2D eigenvalue weighted by molar-refractivity contribution is -0.359. The Morgan fingerprint density at radius 3 is 1.11 bits per heavy atom. The van der Waals surface area contributed by atoms with Gasteiger partial charge in [0.05, 0.1) is 32.0 Å². The summed E-state index contributed by atoms with van der Waals surface area (Å²) in [6.07, 6.45) is 69.1. The van der Waals surface area contributed by atoms with E-state index in [2.05, 4.69) is 55.6 Å². The van der Waals surface area contributed by atoms with Gasteiger partial charge in [-0.25, -0.2) is 0 Å². The van der Waals surface area contributed by atoms with Gasteiger partial charge in [0, 0.05) is 6.42 Å². The highest BCUT2D eigenvalue weighted by Crippen LogP contribution is 2.30. The van der Waals surface area contributed by atoms with E-state index < -0.39 is 86.8 Å². The first-order valence-corrected chi connectivity index (χ1v) is 39.9. The maximum absolute atomic E-state index is 13.4. The lowest BCUT2D eigenvalue weighted by atomic mass is 9.97. The molecule has 0 saturated carbocycles. The average Bonchev–Trinajstić information content (AvgIpc) is 0.794. The van der Waals surface area contributed by atoms with Crippen LogP contribution in [0.2, 0.25) is 0 Å². The number of rotatable bonds is 67. The number of carbonyl (C=O) groups is 1. The first-order chi connectivity index (χ1) is 46.1.